The Kier molecular flexibility index (Phi) is 11.2. The summed E-state index contributed by atoms with van der Waals surface area (Å²) in [6.07, 6.45) is 1.89. The number of rotatable bonds is 9. The first-order valence-corrected chi connectivity index (χ1v) is 11.4. The second-order valence-electron chi connectivity index (χ2n) is 7.08. The van der Waals surface area contributed by atoms with Crippen molar-refractivity contribution in [1.29, 1.82) is 0 Å². The molecule has 25 heavy (non-hydrogen) atoms. The average Bonchev–Trinajstić information content (AvgIpc) is 3.02. The van der Waals surface area contributed by atoms with E-state index in [9.17, 15) is 8.42 Å². The van der Waals surface area contributed by atoms with Crippen LogP contribution in [0, 0.1) is 5.41 Å². The summed E-state index contributed by atoms with van der Waals surface area (Å²) in [5.41, 5.74) is 1.18. The number of hydrogen-bond donors (Lipinski definition) is 2. The van der Waals surface area contributed by atoms with Crippen LogP contribution in [-0.2, 0) is 9.84 Å². The average molecular weight is 502 g/mol. The van der Waals surface area contributed by atoms with E-state index in [1.807, 2.05) is 6.92 Å². The number of halogens is 1. The summed E-state index contributed by atoms with van der Waals surface area (Å²) < 4.78 is 22.7. The van der Waals surface area contributed by atoms with Gasteiger partial charge in [-0.05, 0) is 47.1 Å². The molecule has 0 spiro atoms. The number of nitrogens with zero attached hydrogens (tertiary/aromatic N) is 1. The summed E-state index contributed by atoms with van der Waals surface area (Å²) in [5, 5.41) is 10.9. The van der Waals surface area contributed by atoms with Gasteiger partial charge in [0, 0.05) is 25.9 Å². The van der Waals surface area contributed by atoms with E-state index in [2.05, 4.69) is 53.2 Å². The van der Waals surface area contributed by atoms with Gasteiger partial charge in [-0.15, -0.1) is 24.0 Å². The predicted molar refractivity (Wildman–Crippen MR) is 120 cm³/mol. The Morgan fingerprint density at radius 3 is 2.56 bits per heavy atom. The van der Waals surface area contributed by atoms with E-state index in [0.29, 0.717) is 18.9 Å². The minimum Gasteiger partial charge on any atom is -0.357 e. The van der Waals surface area contributed by atoms with Crippen LogP contribution in [0.1, 0.15) is 45.6 Å². The zero-order valence-electron chi connectivity index (χ0n) is 15.8. The van der Waals surface area contributed by atoms with E-state index in [1.54, 1.807) is 11.3 Å². The zero-order valence-corrected chi connectivity index (χ0v) is 19.8. The van der Waals surface area contributed by atoms with Crippen molar-refractivity contribution in [3.8, 4) is 0 Å². The lowest BCUT2D eigenvalue weighted by molar-refractivity contribution is 0.365. The van der Waals surface area contributed by atoms with Crippen molar-refractivity contribution in [2.24, 2.45) is 10.4 Å². The maximum Gasteiger partial charge on any atom is 0.191 e. The highest BCUT2D eigenvalue weighted by atomic mass is 127. The Morgan fingerprint density at radius 1 is 1.36 bits per heavy atom. The fourth-order valence-electron chi connectivity index (χ4n) is 2.10. The predicted octanol–water partition coefficient (Wildman–Crippen LogP) is 3.49. The van der Waals surface area contributed by atoms with Gasteiger partial charge >= 0.3 is 0 Å². The molecule has 0 radical (unpaired) electrons. The lowest BCUT2D eigenvalue weighted by atomic mass is 9.90. The summed E-state index contributed by atoms with van der Waals surface area (Å²) in [6.45, 7) is 10.5. The largest absolute Gasteiger partial charge is 0.357 e. The Balaban J connectivity index is 0.00000576. The first-order valence-electron chi connectivity index (χ1n) is 8.35. The molecule has 0 amide bonds. The molecule has 1 aromatic rings. The van der Waals surface area contributed by atoms with Gasteiger partial charge in [-0.3, -0.25) is 4.99 Å². The van der Waals surface area contributed by atoms with Crippen molar-refractivity contribution in [2.75, 3.05) is 31.6 Å². The summed E-state index contributed by atoms with van der Waals surface area (Å²) in [5.74, 6) is 1.40. The molecule has 1 atom stereocenters. The Morgan fingerprint density at radius 2 is 2.04 bits per heavy atom. The molecule has 0 aliphatic carbocycles. The molecule has 0 saturated heterocycles. The van der Waals surface area contributed by atoms with Gasteiger partial charge in [0.25, 0.3) is 0 Å². The molecular weight excluding hydrogens is 469 g/mol. The van der Waals surface area contributed by atoms with E-state index < -0.39 is 9.84 Å². The SMILES string of the molecule is CCNC(=NCC(C)(C)CCS(C)(=O)=O)NCC(C)c1ccsc1.I. The Hall–Kier alpha value is -0.350. The van der Waals surface area contributed by atoms with Crippen LogP contribution in [0.2, 0.25) is 0 Å². The Bertz CT molecular complexity index is 614. The third-order valence-corrected chi connectivity index (χ3v) is 5.49. The van der Waals surface area contributed by atoms with Crippen molar-refractivity contribution >= 4 is 51.1 Å². The van der Waals surface area contributed by atoms with Gasteiger partial charge in [0.2, 0.25) is 0 Å². The number of nitrogens with one attached hydrogen (secondary N) is 2. The maximum atomic E-state index is 11.3. The molecular formula is C17H32IN3O2S2. The monoisotopic (exact) mass is 501 g/mol. The van der Waals surface area contributed by atoms with Crippen LogP contribution >= 0.6 is 35.3 Å². The maximum absolute atomic E-state index is 11.3. The van der Waals surface area contributed by atoms with Crippen molar-refractivity contribution in [3.63, 3.8) is 0 Å². The quantitative estimate of drug-likeness (QED) is 0.309. The van der Waals surface area contributed by atoms with Crippen molar-refractivity contribution in [1.82, 2.24) is 10.6 Å². The first-order chi connectivity index (χ1) is 11.1. The van der Waals surface area contributed by atoms with E-state index in [0.717, 1.165) is 19.0 Å². The van der Waals surface area contributed by atoms with E-state index in [1.165, 1.54) is 11.8 Å². The summed E-state index contributed by atoms with van der Waals surface area (Å²) in [7, 11) is -2.93. The highest BCUT2D eigenvalue weighted by molar-refractivity contribution is 14.0. The molecule has 5 nitrogen and oxygen atoms in total. The van der Waals surface area contributed by atoms with Crippen molar-refractivity contribution in [2.45, 2.75) is 40.0 Å². The summed E-state index contributed by atoms with van der Waals surface area (Å²) in [4.78, 5) is 4.64. The number of aliphatic imine (C=N–C) groups is 1. The van der Waals surface area contributed by atoms with Crippen LogP contribution in [-0.4, -0.2) is 46.0 Å². The highest BCUT2D eigenvalue weighted by Crippen LogP contribution is 2.21. The number of sulfone groups is 1. The molecule has 2 N–H and O–H groups in total. The smallest absolute Gasteiger partial charge is 0.191 e. The molecule has 8 heteroatoms. The molecule has 1 rings (SSSR count). The molecule has 1 heterocycles. The molecule has 1 aromatic heterocycles. The standard InChI is InChI=1S/C17H31N3O2S2.HI/c1-6-18-16(19-11-14(2)15-7-9-23-12-15)20-13-17(3,4)8-10-24(5,21)22;/h7,9,12,14H,6,8,10-11,13H2,1-5H3,(H2,18,19,20);1H. The molecule has 0 saturated carbocycles. The van der Waals surface area contributed by atoms with E-state index in [4.69, 9.17) is 0 Å². The summed E-state index contributed by atoms with van der Waals surface area (Å²) in [6, 6.07) is 2.15. The fraction of sp³-hybridized carbons (Fsp3) is 0.706. The lowest BCUT2D eigenvalue weighted by Gasteiger charge is -2.23. The Labute approximate surface area is 174 Å². The molecule has 0 aliphatic rings. The molecule has 0 aromatic carbocycles. The minimum atomic E-state index is -2.93. The third-order valence-electron chi connectivity index (χ3n) is 3.85. The normalized spacial score (nSPS) is 13.9. The van der Waals surface area contributed by atoms with Crippen LogP contribution < -0.4 is 10.6 Å². The molecule has 146 valence electrons. The highest BCUT2D eigenvalue weighted by Gasteiger charge is 2.20. The van der Waals surface area contributed by atoms with Gasteiger partial charge < -0.3 is 10.6 Å². The van der Waals surface area contributed by atoms with Gasteiger partial charge in [0.1, 0.15) is 9.84 Å². The van der Waals surface area contributed by atoms with Gasteiger partial charge in [0.05, 0.1) is 5.75 Å². The molecule has 0 bridgehead atoms. The van der Waals surface area contributed by atoms with E-state index in [-0.39, 0.29) is 35.1 Å². The van der Waals surface area contributed by atoms with Crippen LogP contribution in [0.25, 0.3) is 0 Å². The van der Waals surface area contributed by atoms with Gasteiger partial charge in [-0.2, -0.15) is 11.3 Å². The first kappa shape index (κ1) is 24.7. The van der Waals surface area contributed by atoms with Crippen LogP contribution in [0.4, 0.5) is 0 Å². The second kappa shape index (κ2) is 11.4. The van der Waals surface area contributed by atoms with Crippen LogP contribution in [0.3, 0.4) is 0 Å². The number of hydrogen-bond acceptors (Lipinski definition) is 4. The zero-order chi connectivity index (χ0) is 18.2. The second-order valence-corrected chi connectivity index (χ2v) is 10.1. The van der Waals surface area contributed by atoms with Crippen molar-refractivity contribution in [3.05, 3.63) is 22.4 Å². The lowest BCUT2D eigenvalue weighted by Crippen LogP contribution is -2.39. The van der Waals surface area contributed by atoms with Gasteiger partial charge in [0.15, 0.2) is 5.96 Å². The minimum absolute atomic E-state index is 0. The third kappa shape index (κ3) is 11.1. The van der Waals surface area contributed by atoms with Gasteiger partial charge in [-0.1, -0.05) is 20.8 Å². The van der Waals surface area contributed by atoms with Crippen LogP contribution in [0.5, 0.6) is 0 Å². The van der Waals surface area contributed by atoms with Gasteiger partial charge in [-0.25, -0.2) is 8.42 Å². The molecule has 0 aliphatic heterocycles. The topological polar surface area (TPSA) is 70.6 Å². The molecule has 1 unspecified atom stereocenters. The molecule has 0 fully saturated rings. The van der Waals surface area contributed by atoms with Crippen LogP contribution in [0.15, 0.2) is 21.8 Å². The van der Waals surface area contributed by atoms with Crippen molar-refractivity contribution < 1.29 is 8.42 Å². The summed E-state index contributed by atoms with van der Waals surface area (Å²) >= 11 is 1.71. The van der Waals surface area contributed by atoms with E-state index >= 15 is 0 Å². The number of thiophene rings is 1. The fourth-order valence-corrected chi connectivity index (χ4v) is 3.80. The number of guanidine groups is 1.